The molecule has 2 N–H and O–H groups in total. The van der Waals surface area contributed by atoms with Gasteiger partial charge in [0.25, 0.3) is 0 Å². The molecule has 2 heterocycles. The summed E-state index contributed by atoms with van der Waals surface area (Å²) in [7, 11) is 0. The highest BCUT2D eigenvalue weighted by Crippen LogP contribution is 2.29. The number of aryl methyl sites for hydroxylation is 1. The number of anilines is 1. The van der Waals surface area contributed by atoms with Gasteiger partial charge in [-0.2, -0.15) is 0 Å². The summed E-state index contributed by atoms with van der Waals surface area (Å²) < 4.78 is 0. The first-order valence-corrected chi connectivity index (χ1v) is 8.21. The molecular formula is C17H28N4O. The van der Waals surface area contributed by atoms with Crippen molar-refractivity contribution in [2.24, 2.45) is 5.41 Å². The van der Waals surface area contributed by atoms with Crippen LogP contribution in [0.15, 0.2) is 18.3 Å². The number of hydrogen-bond donors (Lipinski definition) is 2. The molecule has 22 heavy (non-hydrogen) atoms. The van der Waals surface area contributed by atoms with Crippen LogP contribution in [0.1, 0.15) is 32.3 Å². The molecule has 1 fully saturated rings. The predicted octanol–water partition coefficient (Wildman–Crippen LogP) is 2.04. The van der Waals surface area contributed by atoms with Crippen LogP contribution in [0.5, 0.6) is 0 Å². The Hall–Kier alpha value is -1.62. The molecular weight excluding hydrogens is 276 g/mol. The van der Waals surface area contributed by atoms with Crippen LogP contribution >= 0.6 is 0 Å². The largest absolute Gasteiger partial charge is 0.368 e. The minimum atomic E-state index is -0.254. The molecule has 0 unspecified atom stereocenters. The van der Waals surface area contributed by atoms with E-state index in [-0.39, 0.29) is 11.3 Å². The third-order valence-electron chi connectivity index (χ3n) is 4.40. The molecule has 0 saturated carbocycles. The number of hydrogen-bond acceptors (Lipinski definition) is 4. The van der Waals surface area contributed by atoms with Crippen LogP contribution in [0.4, 0.5) is 5.82 Å². The van der Waals surface area contributed by atoms with Gasteiger partial charge in [-0.3, -0.25) is 4.79 Å². The van der Waals surface area contributed by atoms with Gasteiger partial charge in [0, 0.05) is 25.8 Å². The monoisotopic (exact) mass is 304 g/mol. The molecule has 1 aromatic heterocycles. The van der Waals surface area contributed by atoms with E-state index in [0.29, 0.717) is 13.1 Å². The van der Waals surface area contributed by atoms with Gasteiger partial charge in [0.2, 0.25) is 5.91 Å². The van der Waals surface area contributed by atoms with E-state index in [1.54, 1.807) is 6.20 Å². The number of likely N-dealkylation sites (tertiary alicyclic amines) is 1. The fourth-order valence-corrected chi connectivity index (χ4v) is 3.01. The zero-order valence-electron chi connectivity index (χ0n) is 14.0. The van der Waals surface area contributed by atoms with Crippen molar-refractivity contribution >= 4 is 11.7 Å². The summed E-state index contributed by atoms with van der Waals surface area (Å²) in [4.78, 5) is 19.1. The molecule has 1 amide bonds. The van der Waals surface area contributed by atoms with Gasteiger partial charge in [-0.25, -0.2) is 4.98 Å². The van der Waals surface area contributed by atoms with Gasteiger partial charge in [0.15, 0.2) is 0 Å². The zero-order chi connectivity index (χ0) is 16.0. The van der Waals surface area contributed by atoms with Gasteiger partial charge in [-0.15, -0.1) is 0 Å². The Labute approximate surface area is 133 Å². The second-order valence-electron chi connectivity index (χ2n) is 6.43. The number of aromatic nitrogens is 1. The van der Waals surface area contributed by atoms with Crippen molar-refractivity contribution in [1.82, 2.24) is 15.2 Å². The molecule has 1 aliphatic rings. The summed E-state index contributed by atoms with van der Waals surface area (Å²) in [6.07, 6.45) is 3.87. The first-order valence-electron chi connectivity index (χ1n) is 8.21. The predicted molar refractivity (Wildman–Crippen MR) is 89.9 cm³/mol. The second-order valence-corrected chi connectivity index (χ2v) is 6.43. The van der Waals surface area contributed by atoms with Crippen LogP contribution in [0.25, 0.3) is 0 Å². The molecule has 0 aromatic carbocycles. The molecule has 5 heteroatoms. The van der Waals surface area contributed by atoms with Gasteiger partial charge < -0.3 is 15.5 Å². The molecule has 122 valence electrons. The number of nitrogens with zero attached hydrogens (tertiary/aromatic N) is 2. The van der Waals surface area contributed by atoms with Crippen LogP contribution in [-0.2, 0) is 4.79 Å². The van der Waals surface area contributed by atoms with Crippen molar-refractivity contribution in [3.8, 4) is 0 Å². The summed E-state index contributed by atoms with van der Waals surface area (Å²) >= 11 is 0. The number of pyridine rings is 1. The molecule has 1 aromatic rings. The standard InChI is InChI=1S/C17H28N4O/c1-4-21-11-5-7-17(3,13-21)16(22)20-10-9-19-15-12-14(2)6-8-18-15/h6,8,12H,4-5,7,9-11,13H2,1-3H3,(H,18,19)(H,20,22)/t17-/m1/s1. The van der Waals surface area contributed by atoms with Gasteiger partial charge in [0.05, 0.1) is 5.41 Å². The minimum absolute atomic E-state index is 0.171. The third kappa shape index (κ3) is 4.44. The lowest BCUT2D eigenvalue weighted by molar-refractivity contribution is -0.133. The summed E-state index contributed by atoms with van der Waals surface area (Å²) in [5, 5.41) is 6.31. The Morgan fingerprint density at radius 2 is 2.27 bits per heavy atom. The first kappa shape index (κ1) is 16.7. The Morgan fingerprint density at radius 3 is 3.00 bits per heavy atom. The topological polar surface area (TPSA) is 57.3 Å². The van der Waals surface area contributed by atoms with E-state index in [9.17, 15) is 4.79 Å². The van der Waals surface area contributed by atoms with Crippen LogP contribution < -0.4 is 10.6 Å². The van der Waals surface area contributed by atoms with Crippen LogP contribution in [0, 0.1) is 12.3 Å². The van der Waals surface area contributed by atoms with E-state index in [1.807, 2.05) is 19.1 Å². The molecule has 2 rings (SSSR count). The Morgan fingerprint density at radius 1 is 1.45 bits per heavy atom. The number of carbonyl (C=O) groups excluding carboxylic acids is 1. The Kier molecular flexibility index (Phi) is 5.77. The van der Waals surface area contributed by atoms with Crippen molar-refractivity contribution in [3.63, 3.8) is 0 Å². The van der Waals surface area contributed by atoms with Crippen molar-refractivity contribution < 1.29 is 4.79 Å². The summed E-state index contributed by atoms with van der Waals surface area (Å²) in [6.45, 7) is 10.6. The van der Waals surface area contributed by atoms with E-state index in [0.717, 1.165) is 38.3 Å². The highest BCUT2D eigenvalue weighted by Gasteiger charge is 2.36. The molecule has 1 aliphatic heterocycles. The minimum Gasteiger partial charge on any atom is -0.368 e. The Bertz CT molecular complexity index is 505. The fraction of sp³-hybridized carbons (Fsp3) is 0.647. The average Bonchev–Trinajstić information content (AvgIpc) is 2.51. The number of carbonyl (C=O) groups is 1. The van der Waals surface area contributed by atoms with Gasteiger partial charge in [-0.05, 0) is 57.5 Å². The van der Waals surface area contributed by atoms with Gasteiger partial charge in [0.1, 0.15) is 5.82 Å². The van der Waals surface area contributed by atoms with E-state index in [2.05, 4.69) is 34.4 Å². The average molecular weight is 304 g/mol. The van der Waals surface area contributed by atoms with Crippen LogP contribution in [0.2, 0.25) is 0 Å². The molecule has 1 saturated heterocycles. The number of piperidine rings is 1. The first-order chi connectivity index (χ1) is 10.5. The summed E-state index contributed by atoms with van der Waals surface area (Å²) in [5.74, 6) is 1.03. The highest BCUT2D eigenvalue weighted by molar-refractivity contribution is 5.82. The SMILES string of the molecule is CCN1CCC[C@@](C)(C(=O)NCCNc2cc(C)ccn2)C1. The highest BCUT2D eigenvalue weighted by atomic mass is 16.2. The van der Waals surface area contributed by atoms with Crippen molar-refractivity contribution in [2.75, 3.05) is 38.0 Å². The van der Waals surface area contributed by atoms with E-state index in [4.69, 9.17) is 0 Å². The number of nitrogens with one attached hydrogen (secondary N) is 2. The second kappa shape index (κ2) is 7.58. The van der Waals surface area contributed by atoms with E-state index in [1.165, 1.54) is 5.56 Å². The van der Waals surface area contributed by atoms with E-state index >= 15 is 0 Å². The smallest absolute Gasteiger partial charge is 0.227 e. The quantitative estimate of drug-likeness (QED) is 0.790. The van der Waals surface area contributed by atoms with Gasteiger partial charge >= 0.3 is 0 Å². The number of rotatable bonds is 6. The van der Waals surface area contributed by atoms with Crippen molar-refractivity contribution in [2.45, 2.75) is 33.6 Å². The summed E-state index contributed by atoms with van der Waals surface area (Å²) in [6, 6.07) is 3.97. The molecule has 0 aliphatic carbocycles. The van der Waals surface area contributed by atoms with Crippen molar-refractivity contribution in [1.29, 1.82) is 0 Å². The molecule has 0 radical (unpaired) electrons. The van der Waals surface area contributed by atoms with E-state index < -0.39 is 0 Å². The number of amides is 1. The molecule has 0 spiro atoms. The molecule has 1 atom stereocenters. The van der Waals surface area contributed by atoms with Gasteiger partial charge in [-0.1, -0.05) is 6.92 Å². The maximum atomic E-state index is 12.5. The van der Waals surface area contributed by atoms with Crippen molar-refractivity contribution in [3.05, 3.63) is 23.9 Å². The lowest BCUT2D eigenvalue weighted by Crippen LogP contribution is -2.50. The molecule has 5 nitrogen and oxygen atoms in total. The fourth-order valence-electron chi connectivity index (χ4n) is 3.01. The lowest BCUT2D eigenvalue weighted by atomic mass is 9.81. The maximum Gasteiger partial charge on any atom is 0.227 e. The lowest BCUT2D eigenvalue weighted by Gasteiger charge is -2.38. The molecule has 0 bridgehead atoms. The normalized spacial score (nSPS) is 22.3. The van der Waals surface area contributed by atoms with Crippen LogP contribution in [0.3, 0.4) is 0 Å². The third-order valence-corrected chi connectivity index (χ3v) is 4.40. The zero-order valence-corrected chi connectivity index (χ0v) is 14.0. The van der Waals surface area contributed by atoms with Crippen LogP contribution in [-0.4, -0.2) is 48.5 Å². The summed E-state index contributed by atoms with van der Waals surface area (Å²) in [5.41, 5.74) is 0.923. The Balaban J connectivity index is 1.75. The maximum absolute atomic E-state index is 12.5.